The summed E-state index contributed by atoms with van der Waals surface area (Å²) in [6.07, 6.45) is 0. The summed E-state index contributed by atoms with van der Waals surface area (Å²) in [7, 11) is 0. The van der Waals surface area contributed by atoms with Crippen molar-refractivity contribution in [3.05, 3.63) is 60.3 Å². The topological polar surface area (TPSA) is 61.3 Å². The van der Waals surface area contributed by atoms with Crippen molar-refractivity contribution in [1.29, 1.82) is 0 Å². The third kappa shape index (κ3) is 2.39. The van der Waals surface area contributed by atoms with Crippen LogP contribution in [0.15, 0.2) is 57.4 Å². The number of oxazole rings is 2. The number of aromatic nitrogens is 2. The molecule has 104 valence electrons. The van der Waals surface area contributed by atoms with Crippen LogP contribution < -0.4 is 0 Å². The van der Waals surface area contributed by atoms with E-state index in [2.05, 4.69) is 9.97 Å². The van der Waals surface area contributed by atoms with E-state index in [9.17, 15) is 0 Å². The van der Waals surface area contributed by atoms with Crippen LogP contribution in [0.4, 0.5) is 0 Å². The Morgan fingerprint density at radius 1 is 0.714 bits per heavy atom. The lowest BCUT2D eigenvalue weighted by Gasteiger charge is -1.96. The highest BCUT2D eigenvalue weighted by Crippen LogP contribution is 2.17. The van der Waals surface area contributed by atoms with Gasteiger partial charge in [0.25, 0.3) is 0 Å². The molecule has 4 aromatic rings. The summed E-state index contributed by atoms with van der Waals surface area (Å²) in [5, 5.41) is 0. The third-order valence-corrected chi connectivity index (χ3v) is 3.13. The molecule has 0 unspecified atom stereocenters. The molecule has 0 aliphatic rings. The van der Waals surface area contributed by atoms with Crippen molar-refractivity contribution in [1.82, 2.24) is 9.97 Å². The second-order valence-corrected chi connectivity index (χ2v) is 4.64. The lowest BCUT2D eigenvalue weighted by Crippen LogP contribution is -1.94. The maximum atomic E-state index is 5.58. The molecule has 5 nitrogen and oxygen atoms in total. The molecule has 0 atom stereocenters. The highest BCUT2D eigenvalue weighted by molar-refractivity contribution is 5.72. The van der Waals surface area contributed by atoms with Crippen LogP contribution in [0.5, 0.6) is 0 Å². The zero-order valence-corrected chi connectivity index (χ0v) is 11.2. The molecule has 0 saturated heterocycles. The maximum Gasteiger partial charge on any atom is 0.221 e. The van der Waals surface area contributed by atoms with Crippen LogP contribution in [-0.2, 0) is 18.0 Å². The summed E-state index contributed by atoms with van der Waals surface area (Å²) >= 11 is 0. The molecule has 21 heavy (non-hydrogen) atoms. The Kier molecular flexibility index (Phi) is 2.90. The molecule has 0 N–H and O–H groups in total. The molecular weight excluding hydrogens is 268 g/mol. The number of hydrogen-bond acceptors (Lipinski definition) is 5. The number of nitrogens with zero attached hydrogens (tertiary/aromatic N) is 2. The minimum Gasteiger partial charge on any atom is -0.438 e. The van der Waals surface area contributed by atoms with Crippen molar-refractivity contribution >= 4 is 22.2 Å². The van der Waals surface area contributed by atoms with Gasteiger partial charge in [-0.3, -0.25) is 0 Å². The standard InChI is InChI=1S/C16H12N2O3/c1-3-7-13-11(5-1)17-15(20-13)9-19-10-16-18-12-6-2-4-8-14(12)21-16/h1-8H,9-10H2. The van der Waals surface area contributed by atoms with Crippen molar-refractivity contribution in [3.8, 4) is 0 Å². The van der Waals surface area contributed by atoms with Gasteiger partial charge in [-0.15, -0.1) is 0 Å². The normalized spacial score (nSPS) is 11.4. The van der Waals surface area contributed by atoms with Gasteiger partial charge in [0.05, 0.1) is 0 Å². The van der Waals surface area contributed by atoms with Crippen LogP contribution >= 0.6 is 0 Å². The Bertz CT molecular complexity index is 754. The molecule has 0 spiro atoms. The Morgan fingerprint density at radius 3 is 1.67 bits per heavy atom. The first kappa shape index (κ1) is 12.1. The summed E-state index contributed by atoms with van der Waals surface area (Å²) in [5.74, 6) is 1.10. The van der Waals surface area contributed by atoms with E-state index in [-0.39, 0.29) is 13.2 Å². The molecule has 5 heteroatoms. The molecular formula is C16H12N2O3. The quantitative estimate of drug-likeness (QED) is 0.570. The van der Waals surface area contributed by atoms with E-state index in [1.165, 1.54) is 0 Å². The van der Waals surface area contributed by atoms with E-state index in [1.807, 2.05) is 48.5 Å². The van der Waals surface area contributed by atoms with E-state index in [0.29, 0.717) is 11.8 Å². The number of hydrogen-bond donors (Lipinski definition) is 0. The van der Waals surface area contributed by atoms with Crippen LogP contribution in [0.25, 0.3) is 22.2 Å². The minimum absolute atomic E-state index is 0.285. The van der Waals surface area contributed by atoms with E-state index in [0.717, 1.165) is 22.2 Å². The molecule has 0 fully saturated rings. The SMILES string of the molecule is c1ccc2oc(COCc3nc4ccccc4o3)nc2c1. The van der Waals surface area contributed by atoms with Gasteiger partial charge in [-0.05, 0) is 24.3 Å². The molecule has 2 aromatic heterocycles. The van der Waals surface area contributed by atoms with Gasteiger partial charge in [-0.1, -0.05) is 24.3 Å². The van der Waals surface area contributed by atoms with Gasteiger partial charge in [0, 0.05) is 0 Å². The number of benzene rings is 2. The summed E-state index contributed by atoms with van der Waals surface area (Å²) in [5.41, 5.74) is 3.19. The summed E-state index contributed by atoms with van der Waals surface area (Å²) in [6, 6.07) is 15.3. The molecule has 0 aliphatic heterocycles. The fraction of sp³-hybridized carbons (Fsp3) is 0.125. The smallest absolute Gasteiger partial charge is 0.221 e. The fourth-order valence-corrected chi connectivity index (χ4v) is 2.19. The Hall–Kier alpha value is -2.66. The number of ether oxygens (including phenoxy) is 1. The van der Waals surface area contributed by atoms with Gasteiger partial charge in [-0.25, -0.2) is 9.97 Å². The molecule has 2 aromatic carbocycles. The van der Waals surface area contributed by atoms with Gasteiger partial charge in [-0.2, -0.15) is 0 Å². The molecule has 0 saturated carbocycles. The second kappa shape index (κ2) is 5.03. The highest BCUT2D eigenvalue weighted by atomic mass is 16.5. The minimum atomic E-state index is 0.285. The summed E-state index contributed by atoms with van der Waals surface area (Å²) in [6.45, 7) is 0.570. The van der Waals surface area contributed by atoms with E-state index >= 15 is 0 Å². The largest absolute Gasteiger partial charge is 0.438 e. The van der Waals surface area contributed by atoms with Crippen LogP contribution in [0.2, 0.25) is 0 Å². The highest BCUT2D eigenvalue weighted by Gasteiger charge is 2.08. The van der Waals surface area contributed by atoms with Crippen LogP contribution in [0.3, 0.4) is 0 Å². The zero-order chi connectivity index (χ0) is 14.1. The summed E-state index contributed by atoms with van der Waals surface area (Å²) in [4.78, 5) is 8.69. The Balaban J connectivity index is 1.44. The predicted octanol–water partition coefficient (Wildman–Crippen LogP) is 3.69. The second-order valence-electron chi connectivity index (χ2n) is 4.64. The number of fused-ring (bicyclic) bond motifs is 2. The first-order chi connectivity index (χ1) is 10.4. The van der Waals surface area contributed by atoms with Crippen LogP contribution in [0, 0.1) is 0 Å². The van der Waals surface area contributed by atoms with Crippen LogP contribution in [-0.4, -0.2) is 9.97 Å². The maximum absolute atomic E-state index is 5.58. The van der Waals surface area contributed by atoms with Crippen molar-refractivity contribution in [2.75, 3.05) is 0 Å². The van der Waals surface area contributed by atoms with Crippen LogP contribution in [0.1, 0.15) is 11.8 Å². The third-order valence-electron chi connectivity index (χ3n) is 3.13. The van der Waals surface area contributed by atoms with Crippen molar-refractivity contribution in [2.45, 2.75) is 13.2 Å². The Morgan fingerprint density at radius 2 is 1.19 bits per heavy atom. The molecule has 0 amide bonds. The van der Waals surface area contributed by atoms with Gasteiger partial charge in [0.2, 0.25) is 11.8 Å². The molecule has 0 bridgehead atoms. The lowest BCUT2D eigenvalue weighted by atomic mass is 10.3. The van der Waals surface area contributed by atoms with Crippen molar-refractivity contribution in [3.63, 3.8) is 0 Å². The summed E-state index contributed by atoms with van der Waals surface area (Å²) < 4.78 is 16.7. The Labute approximate surface area is 120 Å². The van der Waals surface area contributed by atoms with E-state index in [1.54, 1.807) is 0 Å². The zero-order valence-electron chi connectivity index (χ0n) is 11.2. The van der Waals surface area contributed by atoms with Gasteiger partial charge in [0.1, 0.15) is 24.2 Å². The molecule has 0 aliphatic carbocycles. The lowest BCUT2D eigenvalue weighted by molar-refractivity contribution is 0.0762. The number of rotatable bonds is 4. The van der Waals surface area contributed by atoms with E-state index < -0.39 is 0 Å². The number of para-hydroxylation sites is 4. The molecule has 0 radical (unpaired) electrons. The average molecular weight is 280 g/mol. The van der Waals surface area contributed by atoms with Gasteiger partial charge >= 0.3 is 0 Å². The first-order valence-corrected chi connectivity index (χ1v) is 6.65. The average Bonchev–Trinajstić information content (AvgIpc) is 3.09. The fourth-order valence-electron chi connectivity index (χ4n) is 2.19. The molecule has 2 heterocycles. The predicted molar refractivity (Wildman–Crippen MR) is 76.5 cm³/mol. The molecule has 4 rings (SSSR count). The first-order valence-electron chi connectivity index (χ1n) is 6.65. The van der Waals surface area contributed by atoms with E-state index in [4.69, 9.17) is 13.6 Å². The van der Waals surface area contributed by atoms with Crippen molar-refractivity contribution < 1.29 is 13.6 Å². The van der Waals surface area contributed by atoms with Gasteiger partial charge < -0.3 is 13.6 Å². The van der Waals surface area contributed by atoms with Gasteiger partial charge in [0.15, 0.2) is 11.2 Å². The monoisotopic (exact) mass is 280 g/mol. The van der Waals surface area contributed by atoms with Crippen molar-refractivity contribution in [2.24, 2.45) is 0 Å².